The molecule has 4 nitrogen and oxygen atoms in total. The molecular weight excluding hydrogens is 314 g/mol. The second-order valence-electron chi connectivity index (χ2n) is 6.94. The first-order valence-electron chi connectivity index (χ1n) is 8.48. The van der Waals surface area contributed by atoms with Gasteiger partial charge in [0, 0.05) is 22.9 Å². The number of nitrogens with one attached hydrogen (secondary N) is 1. The molecule has 0 aliphatic heterocycles. The van der Waals surface area contributed by atoms with E-state index in [1.807, 2.05) is 63.3 Å². The molecule has 1 N–H and O–H groups in total. The summed E-state index contributed by atoms with van der Waals surface area (Å²) in [6.07, 6.45) is 4.39. The van der Waals surface area contributed by atoms with Crippen LogP contribution >= 0.6 is 0 Å². The van der Waals surface area contributed by atoms with Crippen LogP contribution in [0.2, 0.25) is 0 Å². The van der Waals surface area contributed by atoms with Crippen molar-refractivity contribution in [2.45, 2.75) is 32.8 Å². The number of alkyl carbamates (subject to hydrolysis) is 1. The molecule has 0 unspecified atom stereocenters. The maximum Gasteiger partial charge on any atom is 0.407 e. The molecule has 0 spiro atoms. The standard InChI is InChI=1S/C21H23NO3/c1-21(2,3)25-20(23)22-14-7-6-9-15-10-8-12-17-16-11-4-5-13-18(16)24-19(15)17/h4-6,8-13H,7,14H2,1-3H3,(H,22,23). The van der Waals surface area contributed by atoms with Gasteiger partial charge in [-0.1, -0.05) is 48.6 Å². The van der Waals surface area contributed by atoms with Gasteiger partial charge in [-0.3, -0.25) is 0 Å². The fourth-order valence-electron chi connectivity index (χ4n) is 2.68. The molecule has 1 aromatic heterocycles. The zero-order valence-electron chi connectivity index (χ0n) is 14.8. The molecule has 0 bridgehead atoms. The van der Waals surface area contributed by atoms with Crippen molar-refractivity contribution in [3.63, 3.8) is 0 Å². The summed E-state index contributed by atoms with van der Waals surface area (Å²) in [5.74, 6) is 0. The van der Waals surface area contributed by atoms with Gasteiger partial charge in [-0.2, -0.15) is 0 Å². The van der Waals surface area contributed by atoms with E-state index in [1.54, 1.807) is 0 Å². The molecule has 1 heterocycles. The number of hydrogen-bond donors (Lipinski definition) is 1. The molecule has 0 aliphatic rings. The van der Waals surface area contributed by atoms with Crippen LogP contribution in [0.1, 0.15) is 32.8 Å². The van der Waals surface area contributed by atoms with Crippen LogP contribution in [0.3, 0.4) is 0 Å². The van der Waals surface area contributed by atoms with Crippen LogP contribution < -0.4 is 5.32 Å². The minimum absolute atomic E-state index is 0.389. The highest BCUT2D eigenvalue weighted by molar-refractivity contribution is 6.07. The Bertz CT molecular complexity index is 916. The molecule has 25 heavy (non-hydrogen) atoms. The largest absolute Gasteiger partial charge is 0.455 e. The molecule has 3 rings (SSSR count). The molecule has 0 aliphatic carbocycles. The van der Waals surface area contributed by atoms with Gasteiger partial charge >= 0.3 is 6.09 Å². The third kappa shape index (κ3) is 4.21. The lowest BCUT2D eigenvalue weighted by Crippen LogP contribution is -2.32. The smallest absolute Gasteiger partial charge is 0.407 e. The number of furan rings is 1. The number of carbonyl (C=O) groups is 1. The molecule has 1 amide bonds. The highest BCUT2D eigenvalue weighted by atomic mass is 16.6. The van der Waals surface area contributed by atoms with Gasteiger partial charge in [0.05, 0.1) is 0 Å². The molecule has 0 fully saturated rings. The number of hydrogen-bond acceptors (Lipinski definition) is 3. The number of benzene rings is 2. The van der Waals surface area contributed by atoms with Gasteiger partial charge in [-0.25, -0.2) is 4.79 Å². The van der Waals surface area contributed by atoms with Crippen LogP contribution in [0.15, 0.2) is 53.0 Å². The van der Waals surface area contributed by atoms with E-state index >= 15 is 0 Å². The number of para-hydroxylation sites is 2. The molecule has 0 saturated heterocycles. The lowest BCUT2D eigenvalue weighted by molar-refractivity contribution is 0.0529. The number of rotatable bonds is 4. The predicted molar refractivity (Wildman–Crippen MR) is 102 cm³/mol. The number of amides is 1. The van der Waals surface area contributed by atoms with E-state index in [0.717, 1.165) is 33.9 Å². The van der Waals surface area contributed by atoms with Crippen molar-refractivity contribution < 1.29 is 13.9 Å². The molecule has 130 valence electrons. The maximum absolute atomic E-state index is 11.6. The third-order valence-corrected chi connectivity index (χ3v) is 3.71. The summed E-state index contributed by atoms with van der Waals surface area (Å²) in [6.45, 7) is 6.07. The maximum atomic E-state index is 11.6. The van der Waals surface area contributed by atoms with E-state index in [-0.39, 0.29) is 6.09 Å². The van der Waals surface area contributed by atoms with E-state index in [9.17, 15) is 4.79 Å². The van der Waals surface area contributed by atoms with Gasteiger partial charge in [-0.05, 0) is 33.3 Å². The highest BCUT2D eigenvalue weighted by Crippen LogP contribution is 2.31. The van der Waals surface area contributed by atoms with Crippen molar-refractivity contribution in [2.75, 3.05) is 6.54 Å². The van der Waals surface area contributed by atoms with Crippen molar-refractivity contribution >= 4 is 34.1 Å². The van der Waals surface area contributed by atoms with E-state index < -0.39 is 5.60 Å². The van der Waals surface area contributed by atoms with Crippen molar-refractivity contribution in [3.05, 3.63) is 54.1 Å². The normalized spacial score (nSPS) is 12.1. The molecule has 0 saturated carbocycles. The lowest BCUT2D eigenvalue weighted by Gasteiger charge is -2.19. The summed E-state index contributed by atoms with van der Waals surface area (Å²) >= 11 is 0. The summed E-state index contributed by atoms with van der Waals surface area (Å²) in [6, 6.07) is 14.2. The second kappa shape index (κ2) is 7.01. The van der Waals surface area contributed by atoms with Crippen molar-refractivity contribution in [1.82, 2.24) is 5.32 Å². The minimum Gasteiger partial charge on any atom is -0.455 e. The summed E-state index contributed by atoms with van der Waals surface area (Å²) in [5.41, 5.74) is 2.34. The Morgan fingerprint density at radius 3 is 2.68 bits per heavy atom. The highest BCUT2D eigenvalue weighted by Gasteiger charge is 2.15. The van der Waals surface area contributed by atoms with Crippen LogP contribution in [0.25, 0.3) is 28.0 Å². The number of carbonyl (C=O) groups excluding carboxylic acids is 1. The van der Waals surface area contributed by atoms with Crippen LogP contribution in [0, 0.1) is 0 Å². The van der Waals surface area contributed by atoms with Gasteiger partial charge in [0.2, 0.25) is 0 Å². The number of ether oxygens (including phenoxy) is 1. The minimum atomic E-state index is -0.475. The summed E-state index contributed by atoms with van der Waals surface area (Å²) in [4.78, 5) is 11.6. The van der Waals surface area contributed by atoms with Gasteiger partial charge in [-0.15, -0.1) is 0 Å². The zero-order chi connectivity index (χ0) is 17.9. The Morgan fingerprint density at radius 1 is 1.12 bits per heavy atom. The summed E-state index contributed by atoms with van der Waals surface area (Å²) in [5, 5.41) is 4.99. The SMILES string of the molecule is CC(C)(C)OC(=O)NCCC=Cc1cccc2c1oc1ccccc12. The Kier molecular flexibility index (Phi) is 4.79. The molecule has 3 aromatic rings. The predicted octanol–water partition coefficient (Wildman–Crippen LogP) is 5.51. The van der Waals surface area contributed by atoms with Crippen LogP contribution in [-0.4, -0.2) is 18.2 Å². The zero-order valence-corrected chi connectivity index (χ0v) is 14.8. The third-order valence-electron chi connectivity index (χ3n) is 3.71. The Morgan fingerprint density at radius 2 is 1.88 bits per heavy atom. The molecular formula is C21H23NO3. The lowest BCUT2D eigenvalue weighted by atomic mass is 10.1. The fourth-order valence-corrected chi connectivity index (χ4v) is 2.68. The van der Waals surface area contributed by atoms with E-state index in [1.165, 1.54) is 0 Å². The average Bonchev–Trinajstić information content (AvgIpc) is 2.92. The monoisotopic (exact) mass is 337 g/mol. The average molecular weight is 337 g/mol. The molecule has 4 heteroatoms. The van der Waals surface area contributed by atoms with Crippen LogP contribution in [-0.2, 0) is 4.74 Å². The van der Waals surface area contributed by atoms with E-state index in [0.29, 0.717) is 6.54 Å². The van der Waals surface area contributed by atoms with Crippen molar-refractivity contribution in [2.24, 2.45) is 0 Å². The Balaban J connectivity index is 1.65. The van der Waals surface area contributed by atoms with E-state index in [2.05, 4.69) is 17.4 Å². The quantitative estimate of drug-likeness (QED) is 0.638. The van der Waals surface area contributed by atoms with Crippen LogP contribution in [0.5, 0.6) is 0 Å². The number of fused-ring (bicyclic) bond motifs is 3. The Hall–Kier alpha value is -2.75. The van der Waals surface area contributed by atoms with E-state index in [4.69, 9.17) is 9.15 Å². The van der Waals surface area contributed by atoms with Gasteiger partial charge in [0.15, 0.2) is 0 Å². The van der Waals surface area contributed by atoms with Crippen molar-refractivity contribution in [1.29, 1.82) is 0 Å². The van der Waals surface area contributed by atoms with Gasteiger partial charge in [0.1, 0.15) is 16.8 Å². The van der Waals surface area contributed by atoms with Crippen LogP contribution in [0.4, 0.5) is 4.79 Å². The Labute approximate surface area is 147 Å². The molecule has 0 atom stereocenters. The van der Waals surface area contributed by atoms with Gasteiger partial charge < -0.3 is 14.5 Å². The summed E-state index contributed by atoms with van der Waals surface area (Å²) < 4.78 is 11.2. The summed E-state index contributed by atoms with van der Waals surface area (Å²) in [7, 11) is 0. The second-order valence-corrected chi connectivity index (χ2v) is 6.94. The van der Waals surface area contributed by atoms with Crippen molar-refractivity contribution in [3.8, 4) is 0 Å². The first-order chi connectivity index (χ1) is 11.9. The fraction of sp³-hybridized carbons (Fsp3) is 0.286. The molecule has 0 radical (unpaired) electrons. The van der Waals surface area contributed by atoms with Gasteiger partial charge in [0.25, 0.3) is 0 Å². The topological polar surface area (TPSA) is 51.5 Å². The molecule has 2 aromatic carbocycles. The first kappa shape index (κ1) is 17.1. The first-order valence-corrected chi connectivity index (χ1v) is 8.48.